The van der Waals surface area contributed by atoms with E-state index in [1.165, 1.54) is 0 Å². The first-order chi connectivity index (χ1) is 9.08. The molecule has 19 heavy (non-hydrogen) atoms. The maximum absolute atomic E-state index is 5.62. The van der Waals surface area contributed by atoms with Gasteiger partial charge in [-0.1, -0.05) is 28.1 Å². The van der Waals surface area contributed by atoms with Crippen LogP contribution in [-0.4, -0.2) is 17.1 Å². The van der Waals surface area contributed by atoms with Gasteiger partial charge >= 0.3 is 0 Å². The maximum atomic E-state index is 5.62. The van der Waals surface area contributed by atoms with Crippen LogP contribution in [0.5, 0.6) is 5.88 Å². The Morgan fingerprint density at radius 3 is 2.58 bits per heavy atom. The number of nitrogen functional groups attached to an aromatic ring is 1. The summed E-state index contributed by atoms with van der Waals surface area (Å²) in [7, 11) is 1.55. The topological polar surface area (TPSA) is 73.1 Å². The van der Waals surface area contributed by atoms with Gasteiger partial charge in [-0.2, -0.15) is 9.97 Å². The summed E-state index contributed by atoms with van der Waals surface area (Å²) in [5, 5.41) is 3.27. The monoisotopic (exact) mass is 322 g/mol. The number of halogens is 1. The second kappa shape index (κ2) is 5.88. The van der Waals surface area contributed by atoms with Crippen LogP contribution in [-0.2, 0) is 0 Å². The minimum absolute atomic E-state index is 0.104. The van der Waals surface area contributed by atoms with E-state index < -0.39 is 0 Å². The molecule has 0 aliphatic carbocycles. The zero-order chi connectivity index (χ0) is 13.8. The van der Waals surface area contributed by atoms with Gasteiger partial charge in [-0.05, 0) is 24.6 Å². The minimum atomic E-state index is 0.104. The summed E-state index contributed by atoms with van der Waals surface area (Å²) in [5.74, 6) is 1.27. The summed E-state index contributed by atoms with van der Waals surface area (Å²) in [4.78, 5) is 8.07. The highest BCUT2D eigenvalue weighted by molar-refractivity contribution is 9.10. The first-order valence-electron chi connectivity index (χ1n) is 5.79. The van der Waals surface area contributed by atoms with Crippen LogP contribution in [0, 0.1) is 0 Å². The average molecular weight is 323 g/mol. The molecule has 1 unspecified atom stereocenters. The predicted molar refractivity (Wildman–Crippen MR) is 79.2 cm³/mol. The molecule has 0 aliphatic rings. The summed E-state index contributed by atoms with van der Waals surface area (Å²) >= 11 is 3.42. The fourth-order valence-corrected chi connectivity index (χ4v) is 1.94. The Hall–Kier alpha value is -1.82. The number of hydrogen-bond donors (Lipinski definition) is 2. The Morgan fingerprint density at radius 1 is 1.26 bits per heavy atom. The first-order valence-corrected chi connectivity index (χ1v) is 6.58. The Morgan fingerprint density at radius 2 is 1.95 bits per heavy atom. The lowest BCUT2D eigenvalue weighted by atomic mass is 10.1. The van der Waals surface area contributed by atoms with E-state index in [2.05, 4.69) is 31.2 Å². The molecular weight excluding hydrogens is 308 g/mol. The molecule has 0 saturated heterocycles. The smallest absolute Gasteiger partial charge is 0.225 e. The molecule has 0 amide bonds. The normalized spacial score (nSPS) is 11.9. The maximum Gasteiger partial charge on any atom is 0.225 e. The molecule has 100 valence electrons. The molecule has 0 radical (unpaired) electrons. The fraction of sp³-hybridized carbons (Fsp3) is 0.231. The number of anilines is 2. The zero-order valence-electron chi connectivity index (χ0n) is 10.7. The lowest BCUT2D eigenvalue weighted by molar-refractivity contribution is 0.398. The number of hydrogen-bond acceptors (Lipinski definition) is 5. The molecule has 2 aromatic rings. The second-order valence-electron chi connectivity index (χ2n) is 4.07. The number of benzene rings is 1. The highest BCUT2D eigenvalue weighted by atomic mass is 79.9. The van der Waals surface area contributed by atoms with Crippen molar-refractivity contribution in [2.24, 2.45) is 0 Å². The summed E-state index contributed by atoms with van der Waals surface area (Å²) in [6, 6.07) is 9.91. The van der Waals surface area contributed by atoms with Crippen molar-refractivity contribution >= 4 is 27.7 Å². The van der Waals surface area contributed by atoms with Crippen LogP contribution in [0.4, 0.5) is 11.8 Å². The van der Waals surface area contributed by atoms with E-state index in [0.29, 0.717) is 11.7 Å². The van der Waals surface area contributed by atoms with Crippen molar-refractivity contribution in [1.29, 1.82) is 0 Å². The molecule has 0 bridgehead atoms. The molecule has 0 aliphatic heterocycles. The summed E-state index contributed by atoms with van der Waals surface area (Å²) in [6.07, 6.45) is 0. The minimum Gasteiger partial charge on any atom is -0.481 e. The lowest BCUT2D eigenvalue weighted by Gasteiger charge is -2.15. The van der Waals surface area contributed by atoms with Gasteiger partial charge in [0.15, 0.2) is 0 Å². The van der Waals surface area contributed by atoms with Gasteiger partial charge in [0.2, 0.25) is 11.8 Å². The highest BCUT2D eigenvalue weighted by Crippen LogP contribution is 2.22. The molecule has 1 aromatic carbocycles. The van der Waals surface area contributed by atoms with E-state index in [1.807, 2.05) is 31.2 Å². The molecule has 0 fully saturated rings. The second-order valence-corrected chi connectivity index (χ2v) is 4.99. The van der Waals surface area contributed by atoms with Gasteiger partial charge in [-0.3, -0.25) is 0 Å². The largest absolute Gasteiger partial charge is 0.481 e. The van der Waals surface area contributed by atoms with E-state index in [-0.39, 0.29) is 12.0 Å². The number of rotatable bonds is 4. The molecule has 1 aromatic heterocycles. The van der Waals surface area contributed by atoms with Crippen molar-refractivity contribution in [2.45, 2.75) is 13.0 Å². The Kier molecular flexibility index (Phi) is 4.21. The molecule has 0 saturated carbocycles. The standard InChI is InChI=1S/C13H15BrN4O/c1-8(9-3-5-10(14)6-4-9)16-11-7-12(19-2)18-13(15)17-11/h3-8H,1-2H3,(H3,15,16,17,18). The van der Waals surface area contributed by atoms with Gasteiger partial charge in [-0.15, -0.1) is 0 Å². The van der Waals surface area contributed by atoms with Gasteiger partial charge in [0.05, 0.1) is 7.11 Å². The summed E-state index contributed by atoms with van der Waals surface area (Å²) in [5.41, 5.74) is 6.77. The SMILES string of the molecule is COc1cc(NC(C)c2ccc(Br)cc2)nc(N)n1. The van der Waals surface area contributed by atoms with Gasteiger partial charge in [0.25, 0.3) is 0 Å². The molecule has 1 atom stereocenters. The highest BCUT2D eigenvalue weighted by Gasteiger charge is 2.08. The molecule has 2 rings (SSSR count). The Labute approximate surface area is 120 Å². The Bertz CT molecular complexity index is 559. The molecule has 5 nitrogen and oxygen atoms in total. The van der Waals surface area contributed by atoms with E-state index in [0.717, 1.165) is 10.0 Å². The van der Waals surface area contributed by atoms with Crippen LogP contribution >= 0.6 is 15.9 Å². The third kappa shape index (κ3) is 3.57. The van der Waals surface area contributed by atoms with Crippen molar-refractivity contribution in [3.05, 3.63) is 40.4 Å². The van der Waals surface area contributed by atoms with E-state index in [4.69, 9.17) is 10.5 Å². The van der Waals surface area contributed by atoms with E-state index in [9.17, 15) is 0 Å². The predicted octanol–water partition coefficient (Wildman–Crippen LogP) is 3.00. The van der Waals surface area contributed by atoms with Crippen molar-refractivity contribution < 1.29 is 4.74 Å². The van der Waals surface area contributed by atoms with Crippen molar-refractivity contribution in [1.82, 2.24) is 9.97 Å². The third-order valence-corrected chi connectivity index (χ3v) is 3.19. The third-order valence-electron chi connectivity index (χ3n) is 2.66. The summed E-state index contributed by atoms with van der Waals surface area (Å²) < 4.78 is 6.11. The van der Waals surface area contributed by atoms with Gasteiger partial charge in [0, 0.05) is 16.6 Å². The van der Waals surface area contributed by atoms with Crippen LogP contribution in [0.25, 0.3) is 0 Å². The van der Waals surface area contributed by atoms with Crippen LogP contribution in [0.2, 0.25) is 0 Å². The molecule has 3 N–H and O–H groups in total. The van der Waals surface area contributed by atoms with Gasteiger partial charge in [0.1, 0.15) is 5.82 Å². The van der Waals surface area contributed by atoms with E-state index in [1.54, 1.807) is 13.2 Å². The molecule has 6 heteroatoms. The van der Waals surface area contributed by atoms with Crippen LogP contribution in [0.1, 0.15) is 18.5 Å². The number of nitrogens with two attached hydrogens (primary N) is 1. The number of nitrogens with one attached hydrogen (secondary N) is 1. The lowest BCUT2D eigenvalue weighted by Crippen LogP contribution is -2.09. The number of ether oxygens (including phenoxy) is 1. The molecule has 1 heterocycles. The Balaban J connectivity index is 2.16. The number of nitrogens with zero attached hydrogens (tertiary/aromatic N) is 2. The van der Waals surface area contributed by atoms with Crippen molar-refractivity contribution in [3.63, 3.8) is 0 Å². The fourth-order valence-electron chi connectivity index (χ4n) is 1.68. The van der Waals surface area contributed by atoms with Crippen molar-refractivity contribution in [3.8, 4) is 5.88 Å². The van der Waals surface area contributed by atoms with Gasteiger partial charge in [-0.25, -0.2) is 0 Å². The summed E-state index contributed by atoms with van der Waals surface area (Å²) in [6.45, 7) is 2.05. The van der Waals surface area contributed by atoms with Crippen LogP contribution in [0.15, 0.2) is 34.8 Å². The molecule has 0 spiro atoms. The van der Waals surface area contributed by atoms with Gasteiger partial charge < -0.3 is 15.8 Å². The average Bonchev–Trinajstić information content (AvgIpc) is 2.38. The van der Waals surface area contributed by atoms with Crippen LogP contribution in [0.3, 0.4) is 0 Å². The molecular formula is C13H15BrN4O. The van der Waals surface area contributed by atoms with E-state index >= 15 is 0 Å². The number of aromatic nitrogens is 2. The first kappa shape index (κ1) is 13.6. The number of methoxy groups -OCH3 is 1. The quantitative estimate of drug-likeness (QED) is 0.905. The van der Waals surface area contributed by atoms with Crippen molar-refractivity contribution in [2.75, 3.05) is 18.2 Å². The zero-order valence-corrected chi connectivity index (χ0v) is 12.3. The van der Waals surface area contributed by atoms with Crippen LogP contribution < -0.4 is 15.8 Å².